The van der Waals surface area contributed by atoms with Crippen LogP contribution in [0.5, 0.6) is 0 Å². The summed E-state index contributed by atoms with van der Waals surface area (Å²) in [6.07, 6.45) is 21.8. The van der Waals surface area contributed by atoms with Gasteiger partial charge in [-0.15, -0.1) is 0 Å². The minimum absolute atomic E-state index is 0. The summed E-state index contributed by atoms with van der Waals surface area (Å²) in [7, 11) is 0. The third-order valence-corrected chi connectivity index (χ3v) is 10.3. The number of likely N-dealkylation sites (tertiary alicyclic amines) is 2. The van der Waals surface area contributed by atoms with Gasteiger partial charge in [-0.1, -0.05) is 124 Å². The van der Waals surface area contributed by atoms with E-state index in [1.807, 2.05) is 12.3 Å². The summed E-state index contributed by atoms with van der Waals surface area (Å²) >= 11 is 0. The van der Waals surface area contributed by atoms with Crippen LogP contribution in [0.1, 0.15) is 88.7 Å². The molecule has 0 spiro atoms. The second-order valence-electron chi connectivity index (χ2n) is 13.4. The molecule has 0 bridgehead atoms. The first-order valence-electron chi connectivity index (χ1n) is 17.7. The third kappa shape index (κ3) is 10.8. The first kappa shape index (κ1) is 32.9. The minimum atomic E-state index is 0. The van der Waals surface area contributed by atoms with Crippen molar-refractivity contribution in [3.05, 3.63) is 120 Å². The molecule has 2 atom stereocenters. The molecule has 3 aromatic carbocycles. The van der Waals surface area contributed by atoms with Crippen LogP contribution in [0.3, 0.4) is 0 Å². The molecule has 0 N–H and O–H groups in total. The lowest BCUT2D eigenvalue weighted by atomic mass is 9.80. The van der Waals surface area contributed by atoms with Crippen LogP contribution in [-0.4, -0.2) is 42.0 Å². The summed E-state index contributed by atoms with van der Waals surface area (Å²) in [4.78, 5) is 4.77. The molecule has 3 aliphatic heterocycles. The Morgan fingerprint density at radius 1 is 0.800 bits per heavy atom. The lowest BCUT2D eigenvalue weighted by Gasteiger charge is -2.32. The van der Waals surface area contributed by atoms with Crippen molar-refractivity contribution in [2.75, 3.05) is 26.2 Å². The van der Waals surface area contributed by atoms with E-state index < -0.39 is 0 Å². The van der Waals surface area contributed by atoms with Gasteiger partial charge in [-0.2, -0.15) is 0 Å². The van der Waals surface area contributed by atoms with Crippen LogP contribution >= 0.6 is 0 Å². The van der Waals surface area contributed by atoms with Crippen LogP contribution in [0, 0.1) is 24.3 Å². The van der Waals surface area contributed by atoms with Crippen LogP contribution in [-0.2, 0) is 17.6 Å². The Balaban J connectivity index is 0.000000168. The maximum absolute atomic E-state index is 5.44. The molecule has 1 aliphatic carbocycles. The normalized spacial score (nSPS) is 20.2. The van der Waals surface area contributed by atoms with Crippen molar-refractivity contribution in [3.63, 3.8) is 0 Å². The standard InChI is InChI=1S/C18H23NO.C16H21N.C8H10.H2/c1-2-7-15(8-3-1)16-9-10-19(12-16)17(18-13-20-18)11-14-5-4-6-14;1-2-17-13-11-16(12-14-17)10-6-9-15-7-4-3-5-8-15;1-2-8-6-4-3-5-7-8;/h1-3,7-8,13-14,16-17H,4-6,9-12H2;1,3-5,7-8,16H,6,9-14H2;3-7H,2H2,1H3;1H/t16-,17-;;;/m1.../s1. The number of hydrogen-bond acceptors (Lipinski definition) is 3. The van der Waals surface area contributed by atoms with Gasteiger partial charge in [-0.3, -0.25) is 4.90 Å². The van der Waals surface area contributed by atoms with Crippen LogP contribution in [0.2, 0.25) is 0 Å². The van der Waals surface area contributed by atoms with Crippen molar-refractivity contribution in [2.24, 2.45) is 11.8 Å². The molecular weight excluding hydrogens is 548 g/mol. The van der Waals surface area contributed by atoms with Crippen LogP contribution in [0.25, 0.3) is 0 Å². The van der Waals surface area contributed by atoms with Gasteiger partial charge in [-0.05, 0) is 92.4 Å². The van der Waals surface area contributed by atoms with Crippen molar-refractivity contribution >= 4 is 0 Å². The number of ether oxygens (including phenoxy) is 1. The van der Waals surface area contributed by atoms with Gasteiger partial charge in [0.2, 0.25) is 0 Å². The summed E-state index contributed by atoms with van der Waals surface area (Å²) in [5.41, 5.74) is 4.38. The molecule has 1 saturated carbocycles. The number of aryl methyl sites for hydroxylation is 2. The van der Waals surface area contributed by atoms with Crippen LogP contribution in [0.15, 0.2) is 103 Å². The van der Waals surface area contributed by atoms with E-state index >= 15 is 0 Å². The maximum atomic E-state index is 5.44. The van der Waals surface area contributed by atoms with Crippen molar-refractivity contribution < 1.29 is 6.16 Å². The fourth-order valence-electron chi connectivity index (χ4n) is 7.05. The van der Waals surface area contributed by atoms with Crippen molar-refractivity contribution in [1.29, 1.82) is 0 Å². The smallest absolute Gasteiger partial charge is 0.155 e. The summed E-state index contributed by atoms with van der Waals surface area (Å²) in [6, 6.07) is 35.5. The van der Waals surface area contributed by atoms with Gasteiger partial charge >= 0.3 is 0 Å². The maximum Gasteiger partial charge on any atom is 0.155 e. The number of benzene rings is 3. The molecule has 240 valence electrons. The van der Waals surface area contributed by atoms with Gasteiger partial charge in [0.25, 0.3) is 0 Å². The average molecular weight is 605 g/mol. The van der Waals surface area contributed by atoms with Gasteiger partial charge < -0.3 is 9.64 Å². The predicted octanol–water partition coefficient (Wildman–Crippen LogP) is 9.71. The average Bonchev–Trinajstić information content (AvgIpc) is 3.81. The molecule has 4 aliphatic rings. The van der Waals surface area contributed by atoms with Crippen molar-refractivity contribution in [3.8, 4) is 12.5 Å². The summed E-state index contributed by atoms with van der Waals surface area (Å²) in [5, 5.41) is 0. The molecule has 0 unspecified atom stereocenters. The molecule has 3 heteroatoms. The zero-order valence-electron chi connectivity index (χ0n) is 27.5. The second kappa shape index (κ2) is 17.9. The van der Waals surface area contributed by atoms with Gasteiger partial charge in [0.05, 0.1) is 6.04 Å². The van der Waals surface area contributed by atoms with Crippen molar-refractivity contribution in [1.82, 2.24) is 9.80 Å². The van der Waals surface area contributed by atoms with E-state index in [0.29, 0.717) is 12.0 Å². The van der Waals surface area contributed by atoms with Crippen molar-refractivity contribution in [2.45, 2.75) is 89.5 Å². The number of terminal acetylenes is 1. The molecule has 2 saturated heterocycles. The topological polar surface area (TPSA) is 19.0 Å². The Labute approximate surface area is 275 Å². The van der Waals surface area contributed by atoms with E-state index in [0.717, 1.165) is 31.3 Å². The Bertz CT molecular complexity index is 1310. The fourth-order valence-corrected chi connectivity index (χ4v) is 7.05. The lowest BCUT2D eigenvalue weighted by molar-refractivity contribution is 0.174. The number of hydrogen-bond donors (Lipinski definition) is 0. The number of nitrogens with zero attached hydrogens (tertiary/aromatic N) is 2. The van der Waals surface area contributed by atoms with Gasteiger partial charge in [0.15, 0.2) is 5.76 Å². The van der Waals surface area contributed by atoms with E-state index in [9.17, 15) is 0 Å². The SMILES string of the molecule is C#CN1CCC(CCCc2ccccc2)CC1.C1=C([C@@H](CC2CCC2)N2CC[C@@H](c3ccccc3)C2)O1.CCc1ccccc1.[HH]. The molecule has 0 radical (unpaired) electrons. The summed E-state index contributed by atoms with van der Waals surface area (Å²) in [5.74, 6) is 3.79. The molecule has 7 rings (SSSR count). The Hall–Kier alpha value is -3.48. The molecule has 3 nitrogen and oxygen atoms in total. The molecule has 0 aromatic heterocycles. The quantitative estimate of drug-likeness (QED) is 0.215. The van der Waals surface area contributed by atoms with E-state index in [1.54, 1.807) is 0 Å². The zero-order valence-corrected chi connectivity index (χ0v) is 27.5. The van der Waals surface area contributed by atoms with E-state index in [2.05, 4.69) is 108 Å². The van der Waals surface area contributed by atoms with Gasteiger partial charge in [0.1, 0.15) is 6.26 Å². The lowest BCUT2D eigenvalue weighted by Crippen LogP contribution is -2.36. The number of piperidine rings is 1. The fraction of sp³-hybridized carbons (Fsp3) is 0.476. The minimum Gasteiger partial charge on any atom is -0.461 e. The van der Waals surface area contributed by atoms with E-state index in [4.69, 9.17) is 11.2 Å². The predicted molar refractivity (Wildman–Crippen MR) is 191 cm³/mol. The molecule has 45 heavy (non-hydrogen) atoms. The molecule has 3 aromatic rings. The van der Waals surface area contributed by atoms with Crippen LogP contribution < -0.4 is 0 Å². The summed E-state index contributed by atoms with van der Waals surface area (Å²) < 4.78 is 5.44. The Kier molecular flexibility index (Phi) is 13.1. The molecular formula is C42H56N2O. The highest BCUT2D eigenvalue weighted by atomic mass is 16.5. The Morgan fingerprint density at radius 2 is 1.42 bits per heavy atom. The molecule has 0 amide bonds. The Morgan fingerprint density at radius 3 is 1.96 bits per heavy atom. The zero-order chi connectivity index (χ0) is 31.1. The third-order valence-electron chi connectivity index (χ3n) is 10.3. The van der Waals surface area contributed by atoms with Gasteiger partial charge in [-0.25, -0.2) is 0 Å². The molecule has 3 fully saturated rings. The highest BCUT2D eigenvalue weighted by Crippen LogP contribution is 2.39. The second-order valence-corrected chi connectivity index (χ2v) is 13.4. The van der Waals surface area contributed by atoms with E-state index in [1.165, 1.54) is 99.7 Å². The monoisotopic (exact) mass is 604 g/mol. The van der Waals surface area contributed by atoms with Gasteiger partial charge in [0, 0.05) is 27.1 Å². The summed E-state index contributed by atoms with van der Waals surface area (Å²) in [6.45, 7) is 6.76. The van der Waals surface area contributed by atoms with E-state index in [-0.39, 0.29) is 1.43 Å². The van der Waals surface area contributed by atoms with Crippen LogP contribution in [0.4, 0.5) is 0 Å². The first-order chi connectivity index (χ1) is 22.2. The highest BCUT2D eigenvalue weighted by molar-refractivity contribution is 5.23. The highest BCUT2D eigenvalue weighted by Gasteiger charge is 2.37. The first-order valence-corrected chi connectivity index (χ1v) is 17.7. The molecule has 3 heterocycles. The number of rotatable bonds is 10. The largest absolute Gasteiger partial charge is 0.461 e.